The second-order valence-electron chi connectivity index (χ2n) is 5.15. The fourth-order valence-corrected chi connectivity index (χ4v) is 2.11. The Morgan fingerprint density at radius 1 is 1.15 bits per heavy atom. The lowest BCUT2D eigenvalue weighted by Gasteiger charge is -2.30. The minimum absolute atomic E-state index is 0.0250. The van der Waals surface area contributed by atoms with Gasteiger partial charge >= 0.3 is 0 Å². The van der Waals surface area contributed by atoms with Crippen LogP contribution in [-0.2, 0) is 0 Å². The summed E-state index contributed by atoms with van der Waals surface area (Å²) >= 11 is 0. The first-order chi connectivity index (χ1) is 9.56. The molecule has 0 fully saturated rings. The molecule has 1 rings (SSSR count). The standard InChI is InChI=1S/C15H26N2O3/c1-12(2)17(13(3)4)8-10-20-15-14(19-11-9-18)6-5-7-16-15/h5-7,12-13,18H,8-11H2,1-4H3. The fraction of sp³-hybridized carbons (Fsp3) is 0.667. The highest BCUT2D eigenvalue weighted by Crippen LogP contribution is 2.23. The van der Waals surface area contributed by atoms with Crippen LogP contribution in [0.3, 0.4) is 0 Å². The number of hydrogen-bond donors (Lipinski definition) is 1. The van der Waals surface area contributed by atoms with Crippen molar-refractivity contribution in [3.63, 3.8) is 0 Å². The van der Waals surface area contributed by atoms with Gasteiger partial charge in [-0.05, 0) is 39.8 Å². The van der Waals surface area contributed by atoms with E-state index in [0.29, 0.717) is 30.3 Å². The Kier molecular flexibility index (Phi) is 7.33. The van der Waals surface area contributed by atoms with Crippen molar-refractivity contribution < 1.29 is 14.6 Å². The minimum Gasteiger partial charge on any atom is -0.486 e. The SMILES string of the molecule is CC(C)N(CCOc1ncccc1OCCO)C(C)C. The van der Waals surface area contributed by atoms with Gasteiger partial charge in [0.2, 0.25) is 0 Å². The van der Waals surface area contributed by atoms with Gasteiger partial charge in [0.15, 0.2) is 5.75 Å². The van der Waals surface area contributed by atoms with Crippen LogP contribution in [0.5, 0.6) is 11.6 Å². The molecule has 5 heteroatoms. The Bertz CT molecular complexity index is 375. The smallest absolute Gasteiger partial charge is 0.257 e. The molecule has 1 heterocycles. The number of ether oxygens (including phenoxy) is 2. The maximum Gasteiger partial charge on any atom is 0.257 e. The molecule has 0 radical (unpaired) electrons. The van der Waals surface area contributed by atoms with Crippen molar-refractivity contribution in [3.05, 3.63) is 18.3 Å². The van der Waals surface area contributed by atoms with Gasteiger partial charge in [0.1, 0.15) is 13.2 Å². The van der Waals surface area contributed by atoms with Crippen LogP contribution < -0.4 is 9.47 Å². The highest BCUT2D eigenvalue weighted by atomic mass is 16.5. The Morgan fingerprint density at radius 2 is 1.85 bits per heavy atom. The highest BCUT2D eigenvalue weighted by Gasteiger charge is 2.13. The van der Waals surface area contributed by atoms with Crippen LogP contribution in [-0.4, -0.2) is 53.4 Å². The van der Waals surface area contributed by atoms with Crippen LogP contribution in [0.4, 0.5) is 0 Å². The van der Waals surface area contributed by atoms with Gasteiger partial charge in [-0.25, -0.2) is 4.98 Å². The number of aliphatic hydroxyl groups is 1. The van der Waals surface area contributed by atoms with Crippen LogP contribution in [0, 0.1) is 0 Å². The largest absolute Gasteiger partial charge is 0.486 e. The lowest BCUT2D eigenvalue weighted by Crippen LogP contribution is -2.39. The van der Waals surface area contributed by atoms with E-state index in [4.69, 9.17) is 14.6 Å². The number of nitrogens with zero attached hydrogens (tertiary/aromatic N) is 2. The fourth-order valence-electron chi connectivity index (χ4n) is 2.11. The summed E-state index contributed by atoms with van der Waals surface area (Å²) in [6.07, 6.45) is 1.67. The summed E-state index contributed by atoms with van der Waals surface area (Å²) in [4.78, 5) is 6.53. The first-order valence-electron chi connectivity index (χ1n) is 7.13. The van der Waals surface area contributed by atoms with Crippen molar-refractivity contribution in [2.75, 3.05) is 26.4 Å². The maximum atomic E-state index is 8.80. The van der Waals surface area contributed by atoms with Gasteiger partial charge in [-0.15, -0.1) is 0 Å². The molecule has 0 aromatic carbocycles. The van der Waals surface area contributed by atoms with E-state index < -0.39 is 0 Å². The Labute approximate surface area is 121 Å². The quantitative estimate of drug-likeness (QED) is 0.750. The zero-order chi connectivity index (χ0) is 15.0. The van der Waals surface area contributed by atoms with E-state index in [9.17, 15) is 0 Å². The predicted octanol–water partition coefficient (Wildman–Crippen LogP) is 1.95. The molecule has 1 N–H and O–H groups in total. The molecule has 1 aromatic heterocycles. The van der Waals surface area contributed by atoms with Crippen molar-refractivity contribution in [1.82, 2.24) is 9.88 Å². The lowest BCUT2D eigenvalue weighted by molar-refractivity contribution is 0.136. The number of aliphatic hydroxyl groups excluding tert-OH is 1. The number of rotatable bonds is 9. The summed E-state index contributed by atoms with van der Waals surface area (Å²) in [7, 11) is 0. The monoisotopic (exact) mass is 282 g/mol. The number of aromatic nitrogens is 1. The third-order valence-electron chi connectivity index (χ3n) is 3.00. The predicted molar refractivity (Wildman–Crippen MR) is 79.3 cm³/mol. The molecular weight excluding hydrogens is 256 g/mol. The van der Waals surface area contributed by atoms with E-state index in [1.807, 2.05) is 0 Å². The van der Waals surface area contributed by atoms with Crippen LogP contribution in [0.15, 0.2) is 18.3 Å². The molecule has 0 saturated heterocycles. The van der Waals surface area contributed by atoms with Gasteiger partial charge in [0, 0.05) is 24.8 Å². The molecule has 5 nitrogen and oxygen atoms in total. The Morgan fingerprint density at radius 3 is 2.45 bits per heavy atom. The molecule has 0 unspecified atom stereocenters. The molecule has 0 aliphatic carbocycles. The third kappa shape index (κ3) is 5.35. The van der Waals surface area contributed by atoms with Gasteiger partial charge in [0.25, 0.3) is 5.88 Å². The molecular formula is C15H26N2O3. The summed E-state index contributed by atoms with van der Waals surface area (Å²) < 4.78 is 11.1. The van der Waals surface area contributed by atoms with Crippen molar-refractivity contribution in [2.24, 2.45) is 0 Å². The average Bonchev–Trinajstić information content (AvgIpc) is 2.41. The van der Waals surface area contributed by atoms with Crippen LogP contribution >= 0.6 is 0 Å². The summed E-state index contributed by atoms with van der Waals surface area (Å²) in [5.41, 5.74) is 0. The van der Waals surface area contributed by atoms with Crippen LogP contribution in [0.25, 0.3) is 0 Å². The van der Waals surface area contributed by atoms with Gasteiger partial charge in [-0.1, -0.05) is 0 Å². The summed E-state index contributed by atoms with van der Waals surface area (Å²) in [6, 6.07) is 4.54. The zero-order valence-electron chi connectivity index (χ0n) is 12.9. The second kappa shape index (κ2) is 8.76. The Hall–Kier alpha value is -1.33. The van der Waals surface area contributed by atoms with Crippen molar-refractivity contribution in [3.8, 4) is 11.6 Å². The minimum atomic E-state index is -0.0250. The van der Waals surface area contributed by atoms with E-state index in [1.165, 1.54) is 0 Å². The third-order valence-corrected chi connectivity index (χ3v) is 3.00. The van der Waals surface area contributed by atoms with Gasteiger partial charge in [-0.2, -0.15) is 0 Å². The number of pyridine rings is 1. The summed E-state index contributed by atoms with van der Waals surface area (Å²) in [5, 5.41) is 8.80. The molecule has 0 amide bonds. The van der Waals surface area contributed by atoms with E-state index in [2.05, 4.69) is 37.6 Å². The van der Waals surface area contributed by atoms with Crippen LogP contribution in [0.1, 0.15) is 27.7 Å². The van der Waals surface area contributed by atoms with E-state index >= 15 is 0 Å². The average molecular weight is 282 g/mol. The van der Waals surface area contributed by atoms with E-state index in [1.54, 1.807) is 18.3 Å². The molecule has 0 atom stereocenters. The molecule has 0 bridgehead atoms. The second-order valence-corrected chi connectivity index (χ2v) is 5.15. The maximum absolute atomic E-state index is 8.80. The number of hydrogen-bond acceptors (Lipinski definition) is 5. The summed E-state index contributed by atoms with van der Waals surface area (Å²) in [5.74, 6) is 1.05. The molecule has 0 spiro atoms. The Balaban J connectivity index is 2.52. The van der Waals surface area contributed by atoms with Gasteiger partial charge < -0.3 is 14.6 Å². The molecule has 1 aromatic rings. The van der Waals surface area contributed by atoms with Crippen LogP contribution in [0.2, 0.25) is 0 Å². The van der Waals surface area contributed by atoms with Crippen molar-refractivity contribution in [1.29, 1.82) is 0 Å². The lowest BCUT2D eigenvalue weighted by atomic mass is 10.2. The van der Waals surface area contributed by atoms with E-state index in [-0.39, 0.29) is 13.2 Å². The molecule has 0 aliphatic rings. The van der Waals surface area contributed by atoms with Gasteiger partial charge in [0.05, 0.1) is 6.61 Å². The molecule has 114 valence electrons. The highest BCUT2D eigenvalue weighted by molar-refractivity contribution is 5.32. The molecule has 0 aliphatic heterocycles. The van der Waals surface area contributed by atoms with Gasteiger partial charge in [-0.3, -0.25) is 4.90 Å². The van der Waals surface area contributed by atoms with E-state index in [0.717, 1.165) is 6.54 Å². The molecule has 20 heavy (non-hydrogen) atoms. The topological polar surface area (TPSA) is 54.8 Å². The molecule has 0 saturated carbocycles. The van der Waals surface area contributed by atoms with Crippen molar-refractivity contribution >= 4 is 0 Å². The first kappa shape index (κ1) is 16.7. The van der Waals surface area contributed by atoms with Crippen molar-refractivity contribution in [2.45, 2.75) is 39.8 Å². The zero-order valence-corrected chi connectivity index (χ0v) is 12.9. The normalized spacial score (nSPS) is 11.4. The summed E-state index contributed by atoms with van der Waals surface area (Å²) in [6.45, 7) is 10.3. The first-order valence-corrected chi connectivity index (χ1v) is 7.13.